The molecule has 0 aromatic rings. The lowest BCUT2D eigenvalue weighted by Crippen LogP contribution is -1.71. The fourth-order valence-corrected chi connectivity index (χ4v) is 79.0. The molecule has 8 nitrogen and oxygen atoms in total. The fraction of sp³-hybridized carbons (Fsp3) is 0. The second-order valence-corrected chi connectivity index (χ2v) is 56.5. The van der Waals surface area contributed by atoms with Gasteiger partial charge >= 0.3 is 9.26 Å². The Bertz CT molecular complexity index is 2730. The van der Waals surface area contributed by atoms with Crippen LogP contribution in [0, 0.1) is 0 Å². The van der Waals surface area contributed by atoms with Crippen molar-refractivity contribution in [2.75, 3.05) is 0 Å². The first-order chi connectivity index (χ1) is 17.2. The highest BCUT2D eigenvalue weighted by Crippen LogP contribution is 1.61. The molecule has 216 valence electrons. The molecule has 0 rings (SSSR count). The Labute approximate surface area is 272 Å². The molecule has 36 heteroatoms. The van der Waals surface area contributed by atoms with Gasteiger partial charge in [-0.05, 0) is 0 Å². The molecule has 0 fully saturated rings. The first-order valence-electron chi connectivity index (χ1n) is 5.83. The van der Waals surface area contributed by atoms with Crippen molar-refractivity contribution in [2.24, 2.45) is 0 Å². The van der Waals surface area contributed by atoms with Gasteiger partial charge in [0.2, 0.25) is 7.92 Å². The minimum absolute atomic E-state index is 0.591. The quantitative estimate of drug-likeness (QED) is 0.254. The van der Waals surface area contributed by atoms with Gasteiger partial charge in [-0.25, -0.2) is 0 Å². The van der Waals surface area contributed by atoms with Crippen molar-refractivity contribution in [3.8, 4) is 0 Å². The molecular formula is O8S28. The van der Waals surface area contributed by atoms with E-state index in [4.69, 9.17) is 11.2 Å². The SMILES string of the molecule is O=S(=O)=S(=O)=S(=O)=S(=O)=S(=O)=S(=O)=S(=O)=S=S=S=S=S=S=S=S=S=S=S=S=S=S=S=S=S=S=S=S=S. The Morgan fingerprint density at radius 3 is 0.944 bits per heavy atom. The summed E-state index contributed by atoms with van der Waals surface area (Å²) in [7, 11) is 9.49. The summed E-state index contributed by atoms with van der Waals surface area (Å²) in [5.41, 5.74) is 0. The zero-order chi connectivity index (χ0) is 27.2. The fourth-order valence-electron chi connectivity index (χ4n) is 0.476. The van der Waals surface area contributed by atoms with Crippen LogP contribution in [0.1, 0.15) is 0 Å². The highest BCUT2D eigenvalue weighted by atomic mass is 33.5. The molecule has 0 unspecified atom stereocenters. The third-order valence-electron chi connectivity index (χ3n) is 1.25. The van der Waals surface area contributed by atoms with E-state index < -0.39 is 56.8 Å². The van der Waals surface area contributed by atoms with Crippen LogP contribution in [-0.4, -0.2) is 33.7 Å². The molecule has 36 heavy (non-hydrogen) atoms. The van der Waals surface area contributed by atoms with E-state index in [1.54, 1.807) is 115 Å². The maximum atomic E-state index is 11.9. The summed E-state index contributed by atoms with van der Waals surface area (Å²) >= 11 is 4.75. The molecule has 0 aliphatic carbocycles. The average Bonchev–Trinajstić information content (AvgIpc) is 2.87. The molecule has 0 atom stereocenters. The Morgan fingerprint density at radius 1 is 0.333 bits per heavy atom. The van der Waals surface area contributed by atoms with E-state index in [-0.39, 0.29) is 0 Å². The van der Waals surface area contributed by atoms with Gasteiger partial charge in [0.15, 0.2) is 39.6 Å². The molecule has 0 saturated carbocycles. The summed E-state index contributed by atoms with van der Waals surface area (Å²) in [6.45, 7) is 0. The summed E-state index contributed by atoms with van der Waals surface area (Å²) in [5.74, 6) is 0. The lowest BCUT2D eigenvalue weighted by atomic mass is 15.9. The van der Waals surface area contributed by atoms with Gasteiger partial charge in [0, 0.05) is 189 Å². The summed E-state index contributed by atoms with van der Waals surface area (Å²) in [4.78, 5) is 0. The van der Waals surface area contributed by atoms with E-state index >= 15 is 0 Å². The van der Waals surface area contributed by atoms with Crippen LogP contribution in [0.4, 0.5) is 0 Å². The van der Waals surface area contributed by atoms with Crippen LogP contribution in [0.5, 0.6) is 0 Å². The average molecular weight is 1030 g/mol. The van der Waals surface area contributed by atoms with Crippen LogP contribution in [0.3, 0.4) is 0 Å². The van der Waals surface area contributed by atoms with Gasteiger partial charge in [0.1, 0.15) is 0 Å². The van der Waals surface area contributed by atoms with Crippen molar-refractivity contribution >= 4 is 246 Å². The van der Waals surface area contributed by atoms with Crippen molar-refractivity contribution < 1.29 is 33.7 Å². The minimum atomic E-state index is -3.33. The lowest BCUT2D eigenvalue weighted by Gasteiger charge is -1.52. The van der Waals surface area contributed by atoms with Crippen molar-refractivity contribution in [3.63, 3.8) is 0 Å². The normalized spacial score (nSPS) is 8.44. The first kappa shape index (κ1) is 40.6. The Balaban J connectivity index is 7.14. The third-order valence-corrected chi connectivity index (χ3v) is 67.7. The van der Waals surface area contributed by atoms with Crippen LogP contribution < -0.4 is 0 Å². The molecule has 0 bridgehead atoms. The van der Waals surface area contributed by atoms with E-state index in [2.05, 4.69) is 0 Å². The zero-order valence-corrected chi connectivity index (χ0v) is 37.6. The second kappa shape index (κ2) is 28.3. The van der Waals surface area contributed by atoms with Crippen molar-refractivity contribution in [3.05, 3.63) is 0 Å². The maximum absolute atomic E-state index is 11.9. The highest BCUT2D eigenvalue weighted by Gasteiger charge is 1.80. The first-order valence-corrected chi connectivity index (χ1v) is 44.5. The summed E-state index contributed by atoms with van der Waals surface area (Å²) in [5, 5.41) is 0. The lowest BCUT2D eigenvalue weighted by molar-refractivity contribution is 0.626. The van der Waals surface area contributed by atoms with Crippen LogP contribution in [-0.2, 0) is 246 Å². The number of rotatable bonds is 0. The van der Waals surface area contributed by atoms with Gasteiger partial charge in [-0.3, -0.25) is 0 Å². The van der Waals surface area contributed by atoms with Gasteiger partial charge < -0.3 is 0 Å². The van der Waals surface area contributed by atoms with E-state index in [1.165, 1.54) is 44.4 Å². The Hall–Kier alpha value is 4.56. The maximum Gasteiger partial charge on any atom is 0.311 e. The summed E-state index contributed by atoms with van der Waals surface area (Å²) in [6.07, 6.45) is 0. The van der Waals surface area contributed by atoms with E-state index in [1.807, 2.05) is 0 Å². The van der Waals surface area contributed by atoms with Crippen molar-refractivity contribution in [1.29, 1.82) is 0 Å². The minimum Gasteiger partial charge on any atom is -0.200 e. The molecule has 0 aromatic heterocycles. The molecule has 0 aliphatic heterocycles. The molecule has 0 aromatic carbocycles. The number of hydrogen-bond acceptors (Lipinski definition) is 9. The molecule has 0 amide bonds. The van der Waals surface area contributed by atoms with Crippen molar-refractivity contribution in [1.82, 2.24) is 0 Å². The van der Waals surface area contributed by atoms with E-state index in [0.717, 1.165) is 8.88 Å². The van der Waals surface area contributed by atoms with Gasteiger partial charge in [-0.2, -0.15) is 33.7 Å². The number of hydrogen-bond donors (Lipinski definition) is 0. The Kier molecular flexibility index (Phi) is 31.9. The van der Waals surface area contributed by atoms with Gasteiger partial charge in [0.05, 0.1) is 0 Å². The highest BCUT2D eigenvalue weighted by molar-refractivity contribution is 8.81. The summed E-state index contributed by atoms with van der Waals surface area (Å²) in [6, 6.07) is 0. The standard InChI is InChI=1S/O8S28/c1-30(2)32(4)34(6)36(8)35(7)33(5)31(3)29-28-27-26-25-24-23-22-21-20-19-18-17-16-15-14-13-12-11-10-9. The molecular weight excluding hydrogens is 1030 g/mol. The van der Waals surface area contributed by atoms with Crippen LogP contribution in [0.15, 0.2) is 0 Å². The smallest absolute Gasteiger partial charge is 0.200 e. The molecule has 0 radical (unpaired) electrons. The molecule has 0 heterocycles. The van der Waals surface area contributed by atoms with Crippen LogP contribution >= 0.6 is 0 Å². The Morgan fingerprint density at radius 2 is 0.611 bits per heavy atom. The molecule has 0 aliphatic rings. The molecule has 0 saturated heterocycles. The third kappa shape index (κ3) is 22.1. The second-order valence-electron chi connectivity index (χ2n) is 2.79. The largest absolute Gasteiger partial charge is 0.311 e. The monoisotopic (exact) mass is 1020 g/mol. The van der Waals surface area contributed by atoms with Crippen molar-refractivity contribution in [2.45, 2.75) is 0 Å². The summed E-state index contributed by atoms with van der Waals surface area (Å²) < 4.78 is 90.7. The predicted octanol–water partition coefficient (Wildman–Crippen LogP) is -2.74. The molecule has 0 spiro atoms. The predicted molar refractivity (Wildman–Crippen MR) is 212 cm³/mol. The van der Waals surface area contributed by atoms with E-state index in [9.17, 15) is 33.7 Å². The van der Waals surface area contributed by atoms with E-state index in [0.29, 0.717) is 8.88 Å². The van der Waals surface area contributed by atoms with Gasteiger partial charge in [-0.15, -0.1) is 0 Å². The van der Waals surface area contributed by atoms with Gasteiger partial charge in [0.25, 0.3) is 0 Å². The van der Waals surface area contributed by atoms with Crippen LogP contribution in [0.25, 0.3) is 0 Å². The zero-order valence-electron chi connectivity index (χ0n) is 14.7. The topological polar surface area (TPSA) is 137 Å². The molecule has 0 N–H and O–H groups in total. The van der Waals surface area contributed by atoms with Gasteiger partial charge in [-0.1, -0.05) is 0 Å². The van der Waals surface area contributed by atoms with Crippen LogP contribution in [0.2, 0.25) is 0 Å².